The molecule has 0 unspecified atom stereocenters. The first-order valence-electron chi connectivity index (χ1n) is 6.52. The minimum Gasteiger partial charge on any atom is -0.479 e. The molecule has 0 bridgehead atoms. The molecule has 22 heavy (non-hydrogen) atoms. The highest BCUT2D eigenvalue weighted by molar-refractivity contribution is 14.1. The summed E-state index contributed by atoms with van der Waals surface area (Å²) in [7, 11) is 0. The smallest absolute Gasteiger partial charge is 0.408 e. The van der Waals surface area contributed by atoms with E-state index in [4.69, 9.17) is 4.74 Å². The third-order valence-electron chi connectivity index (χ3n) is 2.94. The Morgan fingerprint density at radius 1 is 1.09 bits per heavy atom. The number of carboxylic acids is 1. The number of nitrogens with one attached hydrogen (secondary N) is 1. The van der Waals surface area contributed by atoms with E-state index < -0.39 is 18.1 Å². The lowest BCUT2D eigenvalue weighted by molar-refractivity contribution is -0.139. The van der Waals surface area contributed by atoms with Gasteiger partial charge in [-0.05, 0) is 39.8 Å². The van der Waals surface area contributed by atoms with E-state index in [0.29, 0.717) is 5.56 Å². The van der Waals surface area contributed by atoms with Crippen molar-refractivity contribution < 1.29 is 19.4 Å². The monoisotopic (exact) mass is 411 g/mol. The Kier molecular flexibility index (Phi) is 5.76. The van der Waals surface area contributed by atoms with Crippen LogP contribution >= 0.6 is 22.6 Å². The second-order valence-corrected chi connectivity index (χ2v) is 5.66. The molecule has 5 nitrogen and oxygen atoms in total. The molecule has 0 fully saturated rings. The van der Waals surface area contributed by atoms with Crippen LogP contribution in [0, 0.1) is 3.57 Å². The number of aliphatic carboxylic acids is 1. The normalized spacial score (nSPS) is 11.5. The molecule has 0 aromatic heterocycles. The predicted octanol–water partition coefficient (Wildman–Crippen LogP) is 3.34. The van der Waals surface area contributed by atoms with Gasteiger partial charge in [-0.1, -0.05) is 48.5 Å². The number of hydrogen-bond donors (Lipinski definition) is 2. The Morgan fingerprint density at radius 2 is 1.73 bits per heavy atom. The average Bonchev–Trinajstić information content (AvgIpc) is 2.52. The van der Waals surface area contributed by atoms with Gasteiger partial charge in [0, 0.05) is 3.57 Å². The van der Waals surface area contributed by atoms with Crippen molar-refractivity contribution >= 4 is 34.7 Å². The number of benzene rings is 2. The van der Waals surface area contributed by atoms with E-state index in [1.807, 2.05) is 52.9 Å². The van der Waals surface area contributed by atoms with Gasteiger partial charge < -0.3 is 15.2 Å². The molecule has 0 radical (unpaired) electrons. The molecule has 0 saturated carbocycles. The van der Waals surface area contributed by atoms with Gasteiger partial charge in [0.2, 0.25) is 0 Å². The summed E-state index contributed by atoms with van der Waals surface area (Å²) in [4.78, 5) is 23.2. The van der Waals surface area contributed by atoms with E-state index in [-0.39, 0.29) is 6.61 Å². The van der Waals surface area contributed by atoms with Crippen LogP contribution in [-0.2, 0) is 16.1 Å². The van der Waals surface area contributed by atoms with Gasteiger partial charge >= 0.3 is 12.1 Å². The zero-order chi connectivity index (χ0) is 15.9. The number of carboxylic acid groups (broad SMARTS) is 1. The Balaban J connectivity index is 2.01. The number of rotatable bonds is 5. The summed E-state index contributed by atoms with van der Waals surface area (Å²) in [6.45, 7) is 0.0882. The minimum absolute atomic E-state index is 0.0882. The second kappa shape index (κ2) is 7.79. The number of ether oxygens (including phenoxy) is 1. The van der Waals surface area contributed by atoms with Crippen molar-refractivity contribution in [2.45, 2.75) is 12.6 Å². The largest absolute Gasteiger partial charge is 0.479 e. The van der Waals surface area contributed by atoms with Crippen molar-refractivity contribution in [3.05, 3.63) is 69.3 Å². The zero-order valence-electron chi connectivity index (χ0n) is 11.5. The average molecular weight is 411 g/mol. The first kappa shape index (κ1) is 16.3. The Labute approximate surface area is 141 Å². The fourth-order valence-corrected chi connectivity index (χ4v) is 2.56. The summed E-state index contributed by atoms with van der Waals surface area (Å²) in [5.74, 6) is -1.14. The van der Waals surface area contributed by atoms with E-state index in [1.54, 1.807) is 24.3 Å². The molecule has 2 rings (SSSR count). The molecule has 0 aliphatic heterocycles. The van der Waals surface area contributed by atoms with E-state index in [1.165, 1.54) is 0 Å². The predicted molar refractivity (Wildman–Crippen MR) is 89.3 cm³/mol. The molecular weight excluding hydrogens is 397 g/mol. The fourth-order valence-electron chi connectivity index (χ4n) is 1.86. The van der Waals surface area contributed by atoms with Gasteiger partial charge in [0.1, 0.15) is 6.61 Å². The van der Waals surface area contributed by atoms with Crippen LogP contribution < -0.4 is 5.32 Å². The Bertz CT molecular complexity index is 660. The lowest BCUT2D eigenvalue weighted by Gasteiger charge is -2.16. The zero-order valence-corrected chi connectivity index (χ0v) is 13.7. The SMILES string of the molecule is O=C(N[C@@H](C(=O)O)c1ccccc1I)OCc1ccccc1. The van der Waals surface area contributed by atoms with Gasteiger partial charge in [-0.3, -0.25) is 0 Å². The summed E-state index contributed by atoms with van der Waals surface area (Å²) in [5.41, 5.74) is 1.35. The summed E-state index contributed by atoms with van der Waals surface area (Å²) < 4.78 is 5.81. The van der Waals surface area contributed by atoms with Gasteiger partial charge in [-0.15, -0.1) is 0 Å². The van der Waals surface area contributed by atoms with Crippen LogP contribution in [0.5, 0.6) is 0 Å². The number of amides is 1. The van der Waals surface area contributed by atoms with Gasteiger partial charge in [0.15, 0.2) is 6.04 Å². The molecule has 114 valence electrons. The highest BCUT2D eigenvalue weighted by Gasteiger charge is 2.24. The van der Waals surface area contributed by atoms with Crippen molar-refractivity contribution in [2.75, 3.05) is 0 Å². The molecular formula is C16H14INO4. The van der Waals surface area contributed by atoms with Crippen LogP contribution in [0.4, 0.5) is 4.79 Å². The number of carbonyl (C=O) groups is 2. The van der Waals surface area contributed by atoms with Crippen LogP contribution in [0.25, 0.3) is 0 Å². The quantitative estimate of drug-likeness (QED) is 0.741. The summed E-state index contributed by atoms with van der Waals surface area (Å²) in [6, 6.07) is 15.0. The molecule has 2 aromatic rings. The fraction of sp³-hybridized carbons (Fsp3) is 0.125. The molecule has 0 saturated heterocycles. The topological polar surface area (TPSA) is 75.6 Å². The number of alkyl carbamates (subject to hydrolysis) is 1. The molecule has 2 aromatic carbocycles. The number of halogens is 1. The molecule has 0 spiro atoms. The van der Waals surface area contributed by atoms with Crippen molar-refractivity contribution in [3.8, 4) is 0 Å². The van der Waals surface area contributed by atoms with Crippen LogP contribution in [0.2, 0.25) is 0 Å². The maximum Gasteiger partial charge on any atom is 0.408 e. The van der Waals surface area contributed by atoms with E-state index in [0.717, 1.165) is 9.13 Å². The molecule has 1 amide bonds. The maximum absolute atomic E-state index is 11.8. The Morgan fingerprint density at radius 3 is 2.36 bits per heavy atom. The van der Waals surface area contributed by atoms with Gasteiger partial charge in [0.05, 0.1) is 0 Å². The van der Waals surface area contributed by atoms with Gasteiger partial charge in [-0.2, -0.15) is 0 Å². The number of hydrogen-bond acceptors (Lipinski definition) is 3. The minimum atomic E-state index is -1.14. The van der Waals surface area contributed by atoms with Crippen molar-refractivity contribution in [1.29, 1.82) is 0 Å². The molecule has 1 atom stereocenters. The van der Waals surface area contributed by atoms with Crippen LogP contribution in [0.15, 0.2) is 54.6 Å². The van der Waals surface area contributed by atoms with Crippen LogP contribution in [0.3, 0.4) is 0 Å². The Hall–Kier alpha value is -2.09. The van der Waals surface area contributed by atoms with Crippen LogP contribution in [0.1, 0.15) is 17.2 Å². The lowest BCUT2D eigenvalue weighted by atomic mass is 10.1. The van der Waals surface area contributed by atoms with E-state index in [2.05, 4.69) is 5.32 Å². The molecule has 0 aliphatic rings. The second-order valence-electron chi connectivity index (χ2n) is 4.50. The summed E-state index contributed by atoms with van der Waals surface area (Å²) in [5, 5.41) is 11.7. The standard InChI is InChI=1S/C16H14INO4/c17-13-9-5-4-8-12(13)14(15(19)20)18-16(21)22-10-11-6-2-1-3-7-11/h1-9,14H,10H2,(H,18,21)(H,19,20)/t14-/m1/s1. The third-order valence-corrected chi connectivity index (χ3v) is 3.92. The number of carbonyl (C=O) groups excluding carboxylic acids is 1. The van der Waals surface area contributed by atoms with Gasteiger partial charge in [-0.25, -0.2) is 9.59 Å². The van der Waals surface area contributed by atoms with E-state index >= 15 is 0 Å². The molecule has 0 aliphatic carbocycles. The molecule has 0 heterocycles. The lowest BCUT2D eigenvalue weighted by Crippen LogP contribution is -2.34. The first-order chi connectivity index (χ1) is 10.6. The molecule has 6 heteroatoms. The summed E-state index contributed by atoms with van der Waals surface area (Å²) in [6.07, 6.45) is -0.768. The van der Waals surface area contributed by atoms with Crippen LogP contribution in [-0.4, -0.2) is 17.2 Å². The highest BCUT2D eigenvalue weighted by atomic mass is 127. The highest BCUT2D eigenvalue weighted by Crippen LogP contribution is 2.20. The van der Waals surface area contributed by atoms with E-state index in [9.17, 15) is 14.7 Å². The van der Waals surface area contributed by atoms with Crippen molar-refractivity contribution in [2.24, 2.45) is 0 Å². The van der Waals surface area contributed by atoms with Crippen molar-refractivity contribution in [1.82, 2.24) is 5.32 Å². The summed E-state index contributed by atoms with van der Waals surface area (Å²) >= 11 is 2.03. The third kappa shape index (κ3) is 4.45. The maximum atomic E-state index is 11.8. The van der Waals surface area contributed by atoms with Crippen molar-refractivity contribution in [3.63, 3.8) is 0 Å². The molecule has 2 N–H and O–H groups in total. The van der Waals surface area contributed by atoms with Gasteiger partial charge in [0.25, 0.3) is 0 Å². The first-order valence-corrected chi connectivity index (χ1v) is 7.60.